The first-order valence-electron chi connectivity index (χ1n) is 6.47. The molecule has 8 heteroatoms. The van der Waals surface area contributed by atoms with Crippen LogP contribution in [0.3, 0.4) is 0 Å². The molecular weight excluding hydrogens is 294 g/mol. The standard InChI is InChI=1S/C12H15N5OS2/c1-8(10-3-2-6-19-10)13-11(18)7-20-12-14-15-16-17(12)9-4-5-9/h2-3,6,8-9H,4-5,7H2,1H3,(H,13,18)/t8-/m1/s1. The maximum atomic E-state index is 11.9. The molecule has 0 spiro atoms. The van der Waals surface area contributed by atoms with Crippen LogP contribution in [-0.2, 0) is 4.79 Å². The predicted molar refractivity (Wildman–Crippen MR) is 77.7 cm³/mol. The summed E-state index contributed by atoms with van der Waals surface area (Å²) in [5.74, 6) is 0.337. The molecule has 3 rings (SSSR count). The minimum atomic E-state index is 0.00115. The Bertz CT molecular complexity index is 578. The van der Waals surface area contributed by atoms with Crippen LogP contribution in [0.2, 0.25) is 0 Å². The summed E-state index contributed by atoms with van der Waals surface area (Å²) in [4.78, 5) is 13.1. The quantitative estimate of drug-likeness (QED) is 0.827. The van der Waals surface area contributed by atoms with Crippen molar-refractivity contribution < 1.29 is 4.79 Å². The zero-order chi connectivity index (χ0) is 13.9. The van der Waals surface area contributed by atoms with Gasteiger partial charge in [-0.25, -0.2) is 4.68 Å². The minimum Gasteiger partial charge on any atom is -0.348 e. The molecule has 1 fully saturated rings. The largest absolute Gasteiger partial charge is 0.348 e. The van der Waals surface area contributed by atoms with Crippen LogP contribution in [0.4, 0.5) is 0 Å². The molecule has 1 aliphatic carbocycles. The van der Waals surface area contributed by atoms with E-state index < -0.39 is 0 Å². The van der Waals surface area contributed by atoms with Gasteiger partial charge in [-0.05, 0) is 41.6 Å². The summed E-state index contributed by atoms with van der Waals surface area (Å²) in [6.45, 7) is 1.99. The highest BCUT2D eigenvalue weighted by Gasteiger charge is 2.28. The average Bonchev–Trinajstić information content (AvgIpc) is 2.95. The van der Waals surface area contributed by atoms with E-state index in [4.69, 9.17) is 0 Å². The van der Waals surface area contributed by atoms with E-state index in [0.29, 0.717) is 11.8 Å². The monoisotopic (exact) mass is 309 g/mol. The number of rotatable bonds is 6. The molecule has 2 aromatic rings. The molecule has 0 bridgehead atoms. The van der Waals surface area contributed by atoms with Crippen molar-refractivity contribution in [3.05, 3.63) is 22.4 Å². The van der Waals surface area contributed by atoms with Crippen LogP contribution in [0.5, 0.6) is 0 Å². The molecule has 1 saturated carbocycles. The number of hydrogen-bond donors (Lipinski definition) is 1. The van der Waals surface area contributed by atoms with Crippen LogP contribution in [0, 0.1) is 0 Å². The normalized spacial score (nSPS) is 16.1. The number of thioether (sulfide) groups is 1. The van der Waals surface area contributed by atoms with Gasteiger partial charge >= 0.3 is 0 Å². The first-order valence-corrected chi connectivity index (χ1v) is 8.34. The number of carbonyl (C=O) groups excluding carboxylic acids is 1. The van der Waals surface area contributed by atoms with Crippen molar-refractivity contribution in [1.82, 2.24) is 25.5 Å². The second kappa shape index (κ2) is 5.92. The molecule has 0 saturated heterocycles. The lowest BCUT2D eigenvalue weighted by Gasteiger charge is -2.11. The van der Waals surface area contributed by atoms with E-state index in [1.807, 2.05) is 29.1 Å². The Hall–Kier alpha value is -1.41. The first-order chi connectivity index (χ1) is 9.74. The van der Waals surface area contributed by atoms with E-state index in [1.165, 1.54) is 11.8 Å². The summed E-state index contributed by atoms with van der Waals surface area (Å²) in [5.41, 5.74) is 0. The fourth-order valence-corrected chi connectivity index (χ4v) is 3.34. The molecule has 1 atom stereocenters. The number of amides is 1. The number of tetrazole rings is 1. The molecule has 106 valence electrons. The van der Waals surface area contributed by atoms with Crippen LogP contribution in [-0.4, -0.2) is 31.9 Å². The molecule has 1 N–H and O–H groups in total. The molecule has 1 aliphatic rings. The summed E-state index contributed by atoms with van der Waals surface area (Å²) in [6, 6.07) is 4.49. The molecule has 1 amide bonds. The van der Waals surface area contributed by atoms with E-state index in [9.17, 15) is 4.79 Å². The van der Waals surface area contributed by atoms with Crippen LogP contribution < -0.4 is 5.32 Å². The smallest absolute Gasteiger partial charge is 0.230 e. The van der Waals surface area contributed by atoms with Gasteiger partial charge in [0.15, 0.2) is 0 Å². The molecule has 0 unspecified atom stereocenters. The molecule has 0 aromatic carbocycles. The van der Waals surface area contributed by atoms with E-state index in [1.54, 1.807) is 11.3 Å². The number of nitrogens with zero attached hydrogens (tertiary/aromatic N) is 4. The van der Waals surface area contributed by atoms with Crippen LogP contribution in [0.15, 0.2) is 22.7 Å². The lowest BCUT2D eigenvalue weighted by atomic mass is 10.3. The SMILES string of the molecule is C[C@@H](NC(=O)CSc1nnnn1C1CC1)c1cccs1. The summed E-state index contributed by atoms with van der Waals surface area (Å²) in [5, 5.41) is 17.3. The first kappa shape index (κ1) is 13.6. The predicted octanol–water partition coefficient (Wildman–Crippen LogP) is 2.04. The molecule has 0 radical (unpaired) electrons. The minimum absolute atomic E-state index is 0.00115. The van der Waals surface area contributed by atoms with Crippen LogP contribution in [0.1, 0.15) is 36.7 Å². The third-order valence-electron chi connectivity index (χ3n) is 3.04. The van der Waals surface area contributed by atoms with Crippen molar-refractivity contribution in [3.8, 4) is 0 Å². The highest BCUT2D eigenvalue weighted by atomic mass is 32.2. The van der Waals surface area contributed by atoms with Gasteiger partial charge in [0.05, 0.1) is 17.8 Å². The lowest BCUT2D eigenvalue weighted by Crippen LogP contribution is -2.27. The lowest BCUT2D eigenvalue weighted by molar-refractivity contribution is -0.119. The highest BCUT2D eigenvalue weighted by molar-refractivity contribution is 7.99. The Labute approximate surface area is 124 Å². The van der Waals surface area contributed by atoms with E-state index in [0.717, 1.165) is 22.9 Å². The van der Waals surface area contributed by atoms with Crippen molar-refractivity contribution in [2.24, 2.45) is 0 Å². The van der Waals surface area contributed by atoms with E-state index in [2.05, 4.69) is 20.8 Å². The number of carbonyl (C=O) groups is 1. The second-order valence-electron chi connectivity index (χ2n) is 4.73. The maximum absolute atomic E-state index is 11.9. The zero-order valence-electron chi connectivity index (χ0n) is 11.0. The van der Waals surface area contributed by atoms with Crippen LogP contribution >= 0.6 is 23.1 Å². The Morgan fingerprint density at radius 3 is 3.20 bits per heavy atom. The summed E-state index contributed by atoms with van der Waals surface area (Å²) >= 11 is 3.03. The van der Waals surface area contributed by atoms with Gasteiger partial charge in [0, 0.05) is 4.88 Å². The van der Waals surface area contributed by atoms with Gasteiger partial charge in [-0.15, -0.1) is 16.4 Å². The number of hydrogen-bond acceptors (Lipinski definition) is 6. The van der Waals surface area contributed by atoms with E-state index >= 15 is 0 Å². The van der Waals surface area contributed by atoms with Crippen LogP contribution in [0.25, 0.3) is 0 Å². The van der Waals surface area contributed by atoms with Gasteiger partial charge < -0.3 is 5.32 Å². The molecular formula is C12H15N5OS2. The fourth-order valence-electron chi connectivity index (χ4n) is 1.85. The molecule has 2 heterocycles. The average molecular weight is 309 g/mol. The van der Waals surface area contributed by atoms with Crippen molar-refractivity contribution in [2.75, 3.05) is 5.75 Å². The fraction of sp³-hybridized carbons (Fsp3) is 0.500. The third kappa shape index (κ3) is 3.18. The Morgan fingerprint density at radius 2 is 2.50 bits per heavy atom. The van der Waals surface area contributed by atoms with Gasteiger partial charge in [-0.2, -0.15) is 0 Å². The van der Waals surface area contributed by atoms with Crippen molar-refractivity contribution in [2.45, 2.75) is 37.0 Å². The van der Waals surface area contributed by atoms with E-state index in [-0.39, 0.29) is 11.9 Å². The van der Waals surface area contributed by atoms with Crippen molar-refractivity contribution in [3.63, 3.8) is 0 Å². The molecule has 2 aromatic heterocycles. The molecule has 6 nitrogen and oxygen atoms in total. The molecule has 0 aliphatic heterocycles. The topological polar surface area (TPSA) is 72.7 Å². The van der Waals surface area contributed by atoms with Crippen molar-refractivity contribution in [1.29, 1.82) is 0 Å². The maximum Gasteiger partial charge on any atom is 0.230 e. The van der Waals surface area contributed by atoms with Gasteiger partial charge in [0.1, 0.15) is 0 Å². The van der Waals surface area contributed by atoms with Crippen molar-refractivity contribution >= 4 is 29.0 Å². The number of aromatic nitrogens is 4. The Kier molecular flexibility index (Phi) is 4.02. The Morgan fingerprint density at radius 1 is 1.65 bits per heavy atom. The second-order valence-corrected chi connectivity index (χ2v) is 6.65. The summed E-state index contributed by atoms with van der Waals surface area (Å²) in [7, 11) is 0. The number of thiophene rings is 1. The zero-order valence-corrected chi connectivity index (χ0v) is 12.7. The Balaban J connectivity index is 1.50. The van der Waals surface area contributed by atoms with Gasteiger partial charge in [-0.1, -0.05) is 17.8 Å². The van der Waals surface area contributed by atoms with Gasteiger partial charge in [0.25, 0.3) is 0 Å². The summed E-state index contributed by atoms with van der Waals surface area (Å²) in [6.07, 6.45) is 2.25. The highest BCUT2D eigenvalue weighted by Crippen LogP contribution is 2.36. The van der Waals surface area contributed by atoms with Gasteiger partial charge in [0.2, 0.25) is 11.1 Å². The summed E-state index contributed by atoms with van der Waals surface area (Å²) < 4.78 is 1.82. The molecule has 20 heavy (non-hydrogen) atoms. The number of nitrogens with one attached hydrogen (secondary N) is 1. The van der Waals surface area contributed by atoms with Gasteiger partial charge in [-0.3, -0.25) is 4.79 Å². The third-order valence-corrected chi connectivity index (χ3v) is 5.02.